The van der Waals surface area contributed by atoms with E-state index in [0.29, 0.717) is 25.6 Å². The lowest BCUT2D eigenvalue weighted by molar-refractivity contribution is -0.158. The Bertz CT molecular complexity index is 739. The van der Waals surface area contributed by atoms with E-state index in [2.05, 4.69) is 6.58 Å². The highest BCUT2D eigenvalue weighted by atomic mass is 16.2. The van der Waals surface area contributed by atoms with E-state index in [1.54, 1.807) is 21.6 Å². The molecule has 3 rings (SSSR count). The Hall–Kier alpha value is -2.35. The first-order chi connectivity index (χ1) is 10.5. The second kappa shape index (κ2) is 5.13. The van der Waals surface area contributed by atoms with Crippen molar-refractivity contribution in [3.05, 3.63) is 46.4 Å². The Labute approximate surface area is 129 Å². The summed E-state index contributed by atoms with van der Waals surface area (Å²) in [6.07, 6.45) is 3.84. The van der Waals surface area contributed by atoms with Gasteiger partial charge in [0.25, 0.3) is 5.56 Å². The van der Waals surface area contributed by atoms with E-state index < -0.39 is 5.41 Å². The third-order valence-electron chi connectivity index (χ3n) is 4.52. The first-order valence-corrected chi connectivity index (χ1v) is 7.54. The molecule has 1 unspecified atom stereocenters. The van der Waals surface area contributed by atoms with Crippen LogP contribution < -0.4 is 5.56 Å². The van der Waals surface area contributed by atoms with E-state index in [4.69, 9.17) is 5.26 Å². The van der Waals surface area contributed by atoms with Crippen LogP contribution in [0.4, 0.5) is 0 Å². The van der Waals surface area contributed by atoms with Crippen molar-refractivity contribution < 1.29 is 4.79 Å². The smallest absolute Gasteiger partial charge is 0.268 e. The van der Waals surface area contributed by atoms with Crippen molar-refractivity contribution in [1.29, 1.82) is 5.26 Å². The highest BCUT2D eigenvalue weighted by Crippen LogP contribution is 2.41. The summed E-state index contributed by atoms with van der Waals surface area (Å²) < 4.78 is 1.65. The molecule has 0 radical (unpaired) electrons. The number of rotatable bonds is 5. The Morgan fingerprint density at radius 2 is 2.18 bits per heavy atom. The Morgan fingerprint density at radius 3 is 2.73 bits per heavy atom. The second-order valence-corrected chi connectivity index (χ2v) is 6.48. The summed E-state index contributed by atoms with van der Waals surface area (Å²) in [7, 11) is 0. The minimum atomic E-state index is -0.565. The standard InChI is InChI=1S/C17H19N3O2/c1-3-8-19-10-17(2,16(19)22)11-20-14(12-4-5-12)7-6-13(9-18)15(20)21/h3,6-7,12H,1,4-5,8,10-11H2,2H3. The van der Waals surface area contributed by atoms with Crippen LogP contribution in [0.1, 0.15) is 36.9 Å². The zero-order chi connectivity index (χ0) is 15.9. The zero-order valence-corrected chi connectivity index (χ0v) is 12.7. The van der Waals surface area contributed by atoms with Crippen molar-refractivity contribution in [3.63, 3.8) is 0 Å². The van der Waals surface area contributed by atoms with Crippen LogP contribution in [0.5, 0.6) is 0 Å². The summed E-state index contributed by atoms with van der Waals surface area (Å²) in [6, 6.07) is 5.41. The number of aromatic nitrogens is 1. The van der Waals surface area contributed by atoms with Gasteiger partial charge in [0.2, 0.25) is 5.91 Å². The number of carbonyl (C=O) groups is 1. The van der Waals surface area contributed by atoms with E-state index in [0.717, 1.165) is 18.5 Å². The van der Waals surface area contributed by atoms with Crippen LogP contribution >= 0.6 is 0 Å². The molecule has 0 N–H and O–H groups in total. The number of β-lactam (4-membered cyclic amide) rings is 1. The average Bonchev–Trinajstić information content (AvgIpc) is 3.33. The normalized spacial score (nSPS) is 23.8. The van der Waals surface area contributed by atoms with E-state index >= 15 is 0 Å². The van der Waals surface area contributed by atoms with Gasteiger partial charge in [-0.2, -0.15) is 5.26 Å². The Balaban J connectivity index is 1.92. The lowest BCUT2D eigenvalue weighted by Crippen LogP contribution is -2.62. The van der Waals surface area contributed by atoms with Gasteiger partial charge in [-0.25, -0.2) is 0 Å². The molecule has 114 valence electrons. The summed E-state index contributed by atoms with van der Waals surface area (Å²) in [5.41, 5.74) is 0.260. The molecule has 1 aliphatic carbocycles. The summed E-state index contributed by atoms with van der Waals surface area (Å²) >= 11 is 0. The minimum absolute atomic E-state index is 0.0448. The largest absolute Gasteiger partial charge is 0.337 e. The second-order valence-electron chi connectivity index (χ2n) is 6.48. The number of carbonyl (C=O) groups excluding carboxylic acids is 1. The molecule has 2 fully saturated rings. The zero-order valence-electron chi connectivity index (χ0n) is 12.7. The van der Waals surface area contributed by atoms with E-state index in [1.165, 1.54) is 0 Å². The maximum Gasteiger partial charge on any atom is 0.268 e. The molecule has 1 aromatic heterocycles. The fourth-order valence-electron chi connectivity index (χ4n) is 3.20. The minimum Gasteiger partial charge on any atom is -0.337 e. The van der Waals surface area contributed by atoms with Crippen LogP contribution in [0, 0.1) is 16.7 Å². The molecule has 5 nitrogen and oxygen atoms in total. The van der Waals surface area contributed by atoms with Crippen molar-refractivity contribution in [2.45, 2.75) is 32.2 Å². The molecule has 0 spiro atoms. The van der Waals surface area contributed by atoms with Crippen LogP contribution in [-0.4, -0.2) is 28.5 Å². The van der Waals surface area contributed by atoms with E-state index in [-0.39, 0.29) is 17.0 Å². The highest BCUT2D eigenvalue weighted by Gasteiger charge is 2.48. The highest BCUT2D eigenvalue weighted by molar-refractivity contribution is 5.88. The fourth-order valence-corrected chi connectivity index (χ4v) is 3.20. The molecule has 0 bridgehead atoms. The van der Waals surface area contributed by atoms with Crippen molar-refractivity contribution >= 4 is 5.91 Å². The molecule has 1 amide bonds. The topological polar surface area (TPSA) is 66.1 Å². The Kier molecular flexibility index (Phi) is 3.40. The average molecular weight is 297 g/mol. The molecule has 5 heteroatoms. The summed E-state index contributed by atoms with van der Waals surface area (Å²) in [6.45, 7) is 7.03. The molecular weight excluding hydrogens is 278 g/mol. The van der Waals surface area contributed by atoms with Crippen LogP contribution in [0.25, 0.3) is 0 Å². The van der Waals surface area contributed by atoms with Gasteiger partial charge >= 0.3 is 0 Å². The summed E-state index contributed by atoms with van der Waals surface area (Å²) in [4.78, 5) is 26.5. The quantitative estimate of drug-likeness (QED) is 0.613. The van der Waals surface area contributed by atoms with Crippen LogP contribution in [0.2, 0.25) is 0 Å². The van der Waals surface area contributed by atoms with Gasteiger partial charge in [-0.3, -0.25) is 9.59 Å². The van der Waals surface area contributed by atoms with Crippen molar-refractivity contribution in [1.82, 2.24) is 9.47 Å². The predicted octanol–water partition coefficient (Wildman–Crippen LogP) is 1.63. The number of nitrogens with zero attached hydrogens (tertiary/aromatic N) is 3. The lowest BCUT2D eigenvalue weighted by Gasteiger charge is -2.46. The third-order valence-corrected chi connectivity index (χ3v) is 4.52. The van der Waals surface area contributed by atoms with Gasteiger partial charge in [-0.05, 0) is 37.8 Å². The number of pyridine rings is 1. The van der Waals surface area contributed by atoms with Crippen molar-refractivity contribution in [2.75, 3.05) is 13.1 Å². The van der Waals surface area contributed by atoms with Crippen LogP contribution in [0.15, 0.2) is 29.6 Å². The predicted molar refractivity (Wildman–Crippen MR) is 82.3 cm³/mol. The molecule has 22 heavy (non-hydrogen) atoms. The number of amides is 1. The third kappa shape index (κ3) is 2.25. The van der Waals surface area contributed by atoms with Crippen LogP contribution in [0.3, 0.4) is 0 Å². The van der Waals surface area contributed by atoms with Gasteiger partial charge in [0.05, 0.1) is 5.41 Å². The van der Waals surface area contributed by atoms with Crippen molar-refractivity contribution in [3.8, 4) is 6.07 Å². The molecule has 1 aromatic rings. The molecule has 1 atom stereocenters. The molecule has 1 saturated heterocycles. The van der Waals surface area contributed by atoms with Gasteiger partial charge < -0.3 is 9.47 Å². The number of nitriles is 1. The number of hydrogen-bond donors (Lipinski definition) is 0. The van der Waals surface area contributed by atoms with Gasteiger partial charge in [0, 0.05) is 25.3 Å². The summed E-state index contributed by atoms with van der Waals surface area (Å²) in [5, 5.41) is 9.07. The number of hydrogen-bond acceptors (Lipinski definition) is 3. The molecular formula is C17H19N3O2. The fraction of sp³-hybridized carbons (Fsp3) is 0.471. The van der Waals surface area contributed by atoms with Crippen LogP contribution in [-0.2, 0) is 11.3 Å². The monoisotopic (exact) mass is 297 g/mol. The van der Waals surface area contributed by atoms with Gasteiger partial charge in [0.1, 0.15) is 11.6 Å². The summed E-state index contributed by atoms with van der Waals surface area (Å²) in [5.74, 6) is 0.437. The Morgan fingerprint density at radius 1 is 1.45 bits per heavy atom. The first kappa shape index (κ1) is 14.6. The number of likely N-dealkylation sites (tertiary alicyclic amines) is 1. The van der Waals surface area contributed by atoms with E-state index in [9.17, 15) is 9.59 Å². The first-order valence-electron chi connectivity index (χ1n) is 7.54. The maximum absolute atomic E-state index is 12.5. The SMILES string of the molecule is C=CCN1CC(C)(Cn2c(C3CC3)ccc(C#N)c2=O)C1=O. The van der Waals surface area contributed by atoms with Crippen molar-refractivity contribution in [2.24, 2.45) is 5.41 Å². The van der Waals surface area contributed by atoms with Gasteiger partial charge in [-0.15, -0.1) is 6.58 Å². The lowest BCUT2D eigenvalue weighted by atomic mass is 9.80. The maximum atomic E-state index is 12.5. The molecule has 1 saturated carbocycles. The molecule has 1 aliphatic heterocycles. The van der Waals surface area contributed by atoms with E-state index in [1.807, 2.05) is 19.1 Å². The molecule has 0 aromatic carbocycles. The molecule has 2 aliphatic rings. The van der Waals surface area contributed by atoms with Gasteiger partial charge in [-0.1, -0.05) is 6.08 Å². The van der Waals surface area contributed by atoms with Gasteiger partial charge in [0.15, 0.2) is 0 Å². The molecule has 2 heterocycles.